The molecule has 1 saturated heterocycles. The van der Waals surface area contributed by atoms with Gasteiger partial charge in [0.2, 0.25) is 10.0 Å². The van der Waals surface area contributed by atoms with Crippen LogP contribution in [0.5, 0.6) is 0 Å². The molecule has 0 aromatic carbocycles. The van der Waals surface area contributed by atoms with Crippen LogP contribution in [0.15, 0.2) is 28.0 Å². The van der Waals surface area contributed by atoms with Crippen molar-refractivity contribution in [3.05, 3.63) is 40.1 Å². The minimum atomic E-state index is -3.64. The molecule has 3 heterocycles. The van der Waals surface area contributed by atoms with Gasteiger partial charge in [-0.05, 0) is 32.8 Å². The summed E-state index contributed by atoms with van der Waals surface area (Å²) in [7, 11) is -3.64. The number of hydrogen-bond donors (Lipinski definition) is 1. The van der Waals surface area contributed by atoms with E-state index >= 15 is 0 Å². The summed E-state index contributed by atoms with van der Waals surface area (Å²) < 4.78 is 28.7. The van der Waals surface area contributed by atoms with Crippen LogP contribution in [0.25, 0.3) is 0 Å². The Hall–Kier alpha value is -2.00. The second kappa shape index (κ2) is 5.89. The monoisotopic (exact) mass is 337 g/mol. The molecule has 0 bridgehead atoms. The molecule has 124 valence electrons. The largest absolute Gasteiger partial charge is 0.281 e. The highest BCUT2D eigenvalue weighted by Gasteiger charge is 2.38. The number of rotatable bonds is 4. The molecule has 1 N–H and O–H groups in total. The molecule has 1 aliphatic heterocycles. The molecule has 1 unspecified atom stereocenters. The van der Waals surface area contributed by atoms with Gasteiger partial charge in [-0.2, -0.15) is 14.5 Å². The molecule has 0 amide bonds. The molecule has 8 nitrogen and oxygen atoms in total. The Labute approximate surface area is 134 Å². The third-order valence-electron chi connectivity index (χ3n) is 4.12. The van der Waals surface area contributed by atoms with E-state index in [4.69, 9.17) is 0 Å². The normalized spacial score (nSPS) is 19.3. The van der Waals surface area contributed by atoms with Crippen molar-refractivity contribution in [2.24, 2.45) is 0 Å². The molecule has 23 heavy (non-hydrogen) atoms. The molecule has 1 atom stereocenters. The van der Waals surface area contributed by atoms with Gasteiger partial charge in [0, 0.05) is 24.8 Å². The zero-order chi connectivity index (χ0) is 16.6. The van der Waals surface area contributed by atoms with Crippen molar-refractivity contribution in [3.63, 3.8) is 0 Å². The molecule has 3 rings (SSSR count). The molecule has 0 saturated carbocycles. The minimum absolute atomic E-state index is 0.229. The van der Waals surface area contributed by atoms with E-state index < -0.39 is 10.0 Å². The summed E-state index contributed by atoms with van der Waals surface area (Å²) in [5, 5.41) is 10.7. The maximum absolute atomic E-state index is 13.0. The van der Waals surface area contributed by atoms with Crippen LogP contribution in [0.3, 0.4) is 0 Å². The Morgan fingerprint density at radius 1 is 1.39 bits per heavy atom. The van der Waals surface area contributed by atoms with Crippen LogP contribution in [0, 0.1) is 13.8 Å². The first-order chi connectivity index (χ1) is 10.9. The van der Waals surface area contributed by atoms with E-state index in [9.17, 15) is 13.2 Å². The highest BCUT2D eigenvalue weighted by molar-refractivity contribution is 7.89. The van der Waals surface area contributed by atoms with Crippen LogP contribution >= 0.6 is 0 Å². The van der Waals surface area contributed by atoms with Gasteiger partial charge >= 0.3 is 0 Å². The number of aromatic nitrogens is 4. The first-order valence-electron chi connectivity index (χ1n) is 7.47. The van der Waals surface area contributed by atoms with E-state index in [0.717, 1.165) is 6.42 Å². The lowest BCUT2D eigenvalue weighted by Crippen LogP contribution is -2.40. The lowest BCUT2D eigenvalue weighted by molar-refractivity contribution is 0.335. The summed E-state index contributed by atoms with van der Waals surface area (Å²) in [6.45, 7) is 4.07. The summed E-state index contributed by atoms with van der Waals surface area (Å²) >= 11 is 0. The number of aryl methyl sites for hydroxylation is 2. The summed E-state index contributed by atoms with van der Waals surface area (Å²) in [6, 6.07) is 2.71. The van der Waals surface area contributed by atoms with Gasteiger partial charge in [0.15, 0.2) is 0 Å². The van der Waals surface area contributed by atoms with Gasteiger partial charge in [-0.15, -0.1) is 0 Å². The Bertz CT molecular complexity index is 851. The fourth-order valence-corrected chi connectivity index (χ4v) is 5.09. The van der Waals surface area contributed by atoms with Crippen LogP contribution in [-0.4, -0.2) is 45.3 Å². The second-order valence-corrected chi connectivity index (χ2v) is 7.55. The smallest absolute Gasteiger partial charge is 0.266 e. The van der Waals surface area contributed by atoms with Crippen LogP contribution in [0.1, 0.15) is 24.2 Å². The van der Waals surface area contributed by atoms with E-state index in [0.29, 0.717) is 24.4 Å². The summed E-state index contributed by atoms with van der Waals surface area (Å²) in [5.74, 6) is 0. The van der Waals surface area contributed by atoms with Gasteiger partial charge in [0.05, 0.1) is 17.9 Å². The fraction of sp³-hybridized carbons (Fsp3) is 0.500. The minimum Gasteiger partial charge on any atom is -0.281 e. The molecule has 1 aliphatic rings. The molecular formula is C14H19N5O3S. The van der Waals surface area contributed by atoms with Crippen molar-refractivity contribution in [1.82, 2.24) is 24.3 Å². The van der Waals surface area contributed by atoms with Gasteiger partial charge in [0.25, 0.3) is 5.56 Å². The number of aromatic amines is 1. The number of H-pyrrole nitrogens is 1. The first-order valence-corrected chi connectivity index (χ1v) is 8.91. The Morgan fingerprint density at radius 3 is 2.83 bits per heavy atom. The van der Waals surface area contributed by atoms with Gasteiger partial charge in [-0.1, -0.05) is 0 Å². The quantitative estimate of drug-likeness (QED) is 0.872. The lowest BCUT2D eigenvalue weighted by atomic mass is 10.2. The molecule has 0 aliphatic carbocycles. The number of nitrogens with one attached hydrogen (secondary N) is 1. The summed E-state index contributed by atoms with van der Waals surface area (Å²) in [5.41, 5.74) is 0.763. The highest BCUT2D eigenvalue weighted by Crippen LogP contribution is 2.29. The van der Waals surface area contributed by atoms with Gasteiger partial charge in [-0.3, -0.25) is 9.89 Å². The molecular weight excluding hydrogens is 318 g/mol. The third-order valence-corrected chi connectivity index (χ3v) is 6.33. The number of hydrogen-bond acceptors (Lipinski definition) is 5. The predicted molar refractivity (Wildman–Crippen MR) is 83.5 cm³/mol. The van der Waals surface area contributed by atoms with E-state index in [1.54, 1.807) is 19.9 Å². The summed E-state index contributed by atoms with van der Waals surface area (Å²) in [4.78, 5) is 12.1. The molecule has 2 aromatic heterocycles. The van der Waals surface area contributed by atoms with Crippen LogP contribution in [0.2, 0.25) is 0 Å². The van der Waals surface area contributed by atoms with Crippen molar-refractivity contribution >= 4 is 10.0 Å². The topological polar surface area (TPSA) is 101 Å². The SMILES string of the molecule is Cc1n[nH]c(C)c1S(=O)(=O)N1CCCC1Cn1ncccc1=O. The number of sulfonamides is 1. The van der Waals surface area contributed by atoms with Crippen LogP contribution in [0.4, 0.5) is 0 Å². The van der Waals surface area contributed by atoms with E-state index in [1.165, 1.54) is 21.3 Å². The second-order valence-electron chi connectivity index (χ2n) is 5.72. The number of nitrogens with zero attached hydrogens (tertiary/aromatic N) is 4. The predicted octanol–water partition coefficient (Wildman–Crippen LogP) is 0.437. The maximum atomic E-state index is 13.0. The van der Waals surface area contributed by atoms with Crippen molar-refractivity contribution < 1.29 is 8.42 Å². The zero-order valence-electron chi connectivity index (χ0n) is 13.1. The van der Waals surface area contributed by atoms with Crippen molar-refractivity contribution in [2.75, 3.05) is 6.54 Å². The van der Waals surface area contributed by atoms with Crippen molar-refractivity contribution in [2.45, 2.75) is 44.2 Å². The molecule has 9 heteroatoms. The van der Waals surface area contributed by atoms with E-state index in [2.05, 4.69) is 15.3 Å². The van der Waals surface area contributed by atoms with Gasteiger partial charge < -0.3 is 0 Å². The Balaban J connectivity index is 1.93. The van der Waals surface area contributed by atoms with Gasteiger partial charge in [-0.25, -0.2) is 13.1 Å². The fourth-order valence-electron chi connectivity index (χ4n) is 3.07. The molecule has 0 spiro atoms. The van der Waals surface area contributed by atoms with Crippen molar-refractivity contribution in [3.8, 4) is 0 Å². The molecule has 0 radical (unpaired) electrons. The standard InChI is InChI=1S/C14H19N5O3S/c1-10-14(11(2)17-16-10)23(21,22)19-8-4-5-12(19)9-18-13(20)6-3-7-15-18/h3,6-7,12H,4-5,8-9H2,1-2H3,(H,16,17). The first kappa shape index (κ1) is 15.9. The zero-order valence-corrected chi connectivity index (χ0v) is 13.9. The molecule has 2 aromatic rings. The molecule has 1 fully saturated rings. The van der Waals surface area contributed by atoms with E-state index in [1.807, 2.05) is 0 Å². The van der Waals surface area contributed by atoms with Crippen molar-refractivity contribution in [1.29, 1.82) is 0 Å². The average molecular weight is 337 g/mol. The van der Waals surface area contributed by atoms with Crippen LogP contribution in [-0.2, 0) is 16.6 Å². The average Bonchev–Trinajstić information content (AvgIpc) is 3.09. The summed E-state index contributed by atoms with van der Waals surface area (Å²) in [6.07, 6.45) is 3.00. The lowest BCUT2D eigenvalue weighted by Gasteiger charge is -2.24. The van der Waals surface area contributed by atoms with Gasteiger partial charge in [0.1, 0.15) is 4.90 Å². The van der Waals surface area contributed by atoms with E-state index in [-0.39, 0.29) is 23.0 Å². The Morgan fingerprint density at radius 2 is 2.17 bits per heavy atom. The van der Waals surface area contributed by atoms with Crippen LogP contribution < -0.4 is 5.56 Å². The maximum Gasteiger partial charge on any atom is 0.266 e. The highest BCUT2D eigenvalue weighted by atomic mass is 32.2. The Kier molecular flexibility index (Phi) is 4.07. The third kappa shape index (κ3) is 2.81.